The number of Topliss-reactive ketones (excluding diaryl/α,β-unsaturated/α-hetero) is 1. The lowest BCUT2D eigenvalue weighted by Gasteiger charge is -2.25. The molecule has 1 aromatic rings. The molecule has 0 aliphatic carbocycles. The lowest BCUT2D eigenvalue weighted by atomic mass is 10.0. The maximum absolute atomic E-state index is 12.6. The summed E-state index contributed by atoms with van der Waals surface area (Å²) in [4.78, 5) is 36.7. The summed E-state index contributed by atoms with van der Waals surface area (Å²) in [6.45, 7) is 8.71. The number of alkyl carbamates (subject to hydrolysis) is 1. The predicted octanol–water partition coefficient (Wildman–Crippen LogP) is 2.23. The molecule has 170 valence electrons. The van der Waals surface area contributed by atoms with Gasteiger partial charge in [0.25, 0.3) is 11.8 Å². The molecule has 1 atom stereocenters. The fourth-order valence-corrected chi connectivity index (χ4v) is 2.24. The van der Waals surface area contributed by atoms with E-state index in [0.29, 0.717) is 25.8 Å². The Hall–Kier alpha value is -2.62. The van der Waals surface area contributed by atoms with E-state index >= 15 is 0 Å². The molecule has 1 aromatic heterocycles. The minimum atomic E-state index is -1.08. The van der Waals surface area contributed by atoms with Crippen molar-refractivity contribution in [3.05, 3.63) is 12.3 Å². The number of hydrogen-bond donors (Lipinski definition) is 2. The van der Waals surface area contributed by atoms with E-state index in [2.05, 4.69) is 20.3 Å². The van der Waals surface area contributed by atoms with Crippen LogP contribution in [0.4, 0.5) is 4.79 Å². The highest BCUT2D eigenvalue weighted by Gasteiger charge is 2.31. The third-order valence-electron chi connectivity index (χ3n) is 4.12. The van der Waals surface area contributed by atoms with E-state index in [-0.39, 0.29) is 18.3 Å². The normalized spacial score (nSPS) is 12.7. The molecule has 0 saturated heterocycles. The number of ketones is 1. The van der Waals surface area contributed by atoms with Gasteiger partial charge in [-0.05, 0) is 59.0 Å². The molecule has 1 heterocycles. The third-order valence-corrected chi connectivity index (χ3v) is 4.12. The smallest absolute Gasteiger partial charge is 0.407 e. The van der Waals surface area contributed by atoms with Gasteiger partial charge >= 0.3 is 6.09 Å². The number of aromatic nitrogens is 1. The summed E-state index contributed by atoms with van der Waals surface area (Å²) < 4.78 is 20.3. The van der Waals surface area contributed by atoms with Crippen LogP contribution in [0.2, 0.25) is 0 Å². The average molecular weight is 427 g/mol. The van der Waals surface area contributed by atoms with Crippen molar-refractivity contribution in [3.63, 3.8) is 0 Å². The molecule has 10 nitrogen and oxygen atoms in total. The number of amides is 2. The van der Waals surface area contributed by atoms with Gasteiger partial charge in [0.15, 0.2) is 12.4 Å². The Morgan fingerprint density at radius 1 is 1.17 bits per heavy atom. The summed E-state index contributed by atoms with van der Waals surface area (Å²) in [5.74, 6) is -0.526. The lowest BCUT2D eigenvalue weighted by Crippen LogP contribution is -2.51. The number of carbonyl (C=O) groups excluding carboxylic acids is 3. The number of methoxy groups -OCH3 is 1. The van der Waals surface area contributed by atoms with E-state index in [4.69, 9.17) is 14.2 Å². The molecule has 0 fully saturated rings. The largest absolute Gasteiger partial charge is 0.467 e. The Morgan fingerprint density at radius 3 is 2.43 bits per heavy atom. The lowest BCUT2D eigenvalue weighted by molar-refractivity contribution is -0.142. The van der Waals surface area contributed by atoms with Crippen LogP contribution in [0.3, 0.4) is 0 Å². The van der Waals surface area contributed by atoms with Gasteiger partial charge in [0.1, 0.15) is 17.5 Å². The van der Waals surface area contributed by atoms with E-state index in [1.165, 1.54) is 19.4 Å². The molecule has 0 saturated carbocycles. The Balaban J connectivity index is 2.54. The first-order valence-electron chi connectivity index (χ1n) is 9.83. The van der Waals surface area contributed by atoms with Gasteiger partial charge < -0.3 is 29.4 Å². The van der Waals surface area contributed by atoms with Gasteiger partial charge in [0, 0.05) is 19.7 Å². The maximum atomic E-state index is 12.6. The molecule has 0 aromatic carbocycles. The number of ether oxygens (including phenoxy) is 3. The summed E-state index contributed by atoms with van der Waals surface area (Å²) in [7, 11) is 1.42. The molecular formula is C20H33N3O7. The number of unbranched alkanes of at least 4 members (excludes halogenated alkanes) is 1. The van der Waals surface area contributed by atoms with Crippen molar-refractivity contribution >= 4 is 17.8 Å². The van der Waals surface area contributed by atoms with Gasteiger partial charge in [-0.3, -0.25) is 9.59 Å². The number of nitrogens with zero attached hydrogens (tertiary/aromatic N) is 1. The van der Waals surface area contributed by atoms with Crippen LogP contribution < -0.4 is 15.4 Å². The molecule has 1 unspecified atom stereocenters. The highest BCUT2D eigenvalue weighted by Crippen LogP contribution is 2.11. The fourth-order valence-electron chi connectivity index (χ4n) is 2.24. The SMILES string of the molecule is COC(C)(C)C(=O)NC(CCCCNC(=O)OC(C)(C)C)C(=O)COc1ccon1. The van der Waals surface area contributed by atoms with Crippen molar-refractivity contribution < 1.29 is 33.1 Å². The van der Waals surface area contributed by atoms with Crippen LogP contribution in [-0.2, 0) is 19.1 Å². The van der Waals surface area contributed by atoms with Crippen molar-refractivity contribution in [2.45, 2.75) is 71.1 Å². The average Bonchev–Trinajstić information content (AvgIpc) is 3.16. The molecular weight excluding hydrogens is 394 g/mol. The second kappa shape index (κ2) is 11.5. The van der Waals surface area contributed by atoms with Crippen molar-refractivity contribution in [1.29, 1.82) is 0 Å². The monoisotopic (exact) mass is 427 g/mol. The number of carbonyl (C=O) groups is 3. The highest BCUT2D eigenvalue weighted by molar-refractivity contribution is 5.92. The van der Waals surface area contributed by atoms with Crippen LogP contribution in [-0.4, -0.2) is 60.4 Å². The minimum Gasteiger partial charge on any atom is -0.467 e. The number of nitrogens with one attached hydrogen (secondary N) is 2. The van der Waals surface area contributed by atoms with Gasteiger partial charge in [0.05, 0.1) is 6.04 Å². The maximum Gasteiger partial charge on any atom is 0.407 e. The Bertz CT molecular complexity index is 681. The molecule has 30 heavy (non-hydrogen) atoms. The van der Waals surface area contributed by atoms with Crippen LogP contribution in [0.5, 0.6) is 5.88 Å². The third kappa shape index (κ3) is 9.73. The molecule has 0 spiro atoms. The van der Waals surface area contributed by atoms with Gasteiger partial charge in [0.2, 0.25) is 0 Å². The zero-order valence-corrected chi connectivity index (χ0v) is 18.6. The molecule has 0 bridgehead atoms. The second-order valence-corrected chi connectivity index (χ2v) is 8.26. The zero-order chi connectivity index (χ0) is 22.8. The van der Waals surface area contributed by atoms with Crippen molar-refractivity contribution in [2.24, 2.45) is 0 Å². The van der Waals surface area contributed by atoms with Crippen molar-refractivity contribution in [2.75, 3.05) is 20.3 Å². The van der Waals surface area contributed by atoms with E-state index in [0.717, 1.165) is 0 Å². The van der Waals surface area contributed by atoms with Crippen LogP contribution >= 0.6 is 0 Å². The summed E-state index contributed by atoms with van der Waals surface area (Å²) in [5, 5.41) is 8.96. The first-order chi connectivity index (χ1) is 13.9. The van der Waals surface area contributed by atoms with Gasteiger partial charge in [-0.2, -0.15) is 0 Å². The molecule has 10 heteroatoms. The topological polar surface area (TPSA) is 129 Å². The van der Waals surface area contributed by atoms with E-state index in [1.54, 1.807) is 34.6 Å². The summed E-state index contributed by atoms with van der Waals surface area (Å²) in [6, 6.07) is 0.720. The molecule has 0 radical (unpaired) electrons. The Kier molecular flexibility index (Phi) is 9.77. The molecule has 1 rings (SSSR count). The second-order valence-electron chi connectivity index (χ2n) is 8.26. The van der Waals surface area contributed by atoms with Crippen LogP contribution in [0.25, 0.3) is 0 Å². The first kappa shape index (κ1) is 25.4. The number of rotatable bonds is 12. The summed E-state index contributed by atoms with van der Waals surface area (Å²) in [6.07, 6.45) is 2.41. The molecule has 2 amide bonds. The standard InChI is InChI=1S/C20H33N3O7/c1-19(2,3)30-18(26)21-11-8-7-9-14(22-17(25)20(4,5)27-6)15(24)13-28-16-10-12-29-23-16/h10,12,14H,7-9,11,13H2,1-6H3,(H,21,26)(H,22,25). The van der Waals surface area contributed by atoms with Crippen LogP contribution in [0.15, 0.2) is 16.9 Å². The Morgan fingerprint density at radius 2 is 1.87 bits per heavy atom. The van der Waals surface area contributed by atoms with Gasteiger partial charge in [-0.15, -0.1) is 0 Å². The van der Waals surface area contributed by atoms with E-state index < -0.39 is 29.2 Å². The van der Waals surface area contributed by atoms with Crippen molar-refractivity contribution in [1.82, 2.24) is 15.8 Å². The zero-order valence-electron chi connectivity index (χ0n) is 18.6. The summed E-state index contributed by atoms with van der Waals surface area (Å²) >= 11 is 0. The van der Waals surface area contributed by atoms with Crippen LogP contribution in [0, 0.1) is 0 Å². The first-order valence-corrected chi connectivity index (χ1v) is 9.83. The minimum absolute atomic E-state index is 0.187. The fraction of sp³-hybridized carbons (Fsp3) is 0.700. The summed E-state index contributed by atoms with van der Waals surface area (Å²) in [5.41, 5.74) is -1.65. The number of hydrogen-bond acceptors (Lipinski definition) is 8. The van der Waals surface area contributed by atoms with Crippen molar-refractivity contribution in [3.8, 4) is 5.88 Å². The molecule has 0 aliphatic rings. The predicted molar refractivity (Wildman–Crippen MR) is 108 cm³/mol. The highest BCUT2D eigenvalue weighted by atomic mass is 16.6. The molecule has 0 aliphatic heterocycles. The Labute approximate surface area is 177 Å². The van der Waals surface area contributed by atoms with Crippen LogP contribution in [0.1, 0.15) is 53.9 Å². The van der Waals surface area contributed by atoms with E-state index in [1.807, 2.05) is 0 Å². The van der Waals surface area contributed by atoms with Gasteiger partial charge in [-0.25, -0.2) is 4.79 Å². The van der Waals surface area contributed by atoms with E-state index in [9.17, 15) is 14.4 Å². The molecule has 2 N–H and O–H groups in total. The quantitative estimate of drug-likeness (QED) is 0.486. The van der Waals surface area contributed by atoms with Gasteiger partial charge in [-0.1, -0.05) is 0 Å².